The SMILES string of the molecule is Cc1ccc(-c2nc3cccnc3o2)cc1. The Morgan fingerprint density at radius 3 is 2.62 bits per heavy atom. The number of fused-ring (bicyclic) bond motifs is 1. The van der Waals surface area contributed by atoms with Crippen LogP contribution >= 0.6 is 0 Å². The molecular weight excluding hydrogens is 200 g/mol. The lowest BCUT2D eigenvalue weighted by atomic mass is 10.1. The number of hydrogen-bond acceptors (Lipinski definition) is 3. The predicted molar refractivity (Wildman–Crippen MR) is 62.0 cm³/mol. The molecule has 0 radical (unpaired) electrons. The van der Waals surface area contributed by atoms with E-state index < -0.39 is 0 Å². The van der Waals surface area contributed by atoms with Crippen molar-refractivity contribution in [3.63, 3.8) is 0 Å². The van der Waals surface area contributed by atoms with Crippen LogP contribution in [0.1, 0.15) is 5.56 Å². The first-order chi connectivity index (χ1) is 7.83. The maximum absolute atomic E-state index is 5.57. The molecule has 0 saturated heterocycles. The zero-order valence-corrected chi connectivity index (χ0v) is 8.84. The summed E-state index contributed by atoms with van der Waals surface area (Å²) in [4.78, 5) is 8.50. The molecule has 0 atom stereocenters. The first kappa shape index (κ1) is 9.09. The second-order valence-corrected chi connectivity index (χ2v) is 3.71. The summed E-state index contributed by atoms with van der Waals surface area (Å²) in [6.45, 7) is 2.05. The molecule has 3 aromatic rings. The molecule has 0 aliphatic heterocycles. The van der Waals surface area contributed by atoms with Gasteiger partial charge in [-0.05, 0) is 31.2 Å². The monoisotopic (exact) mass is 210 g/mol. The van der Waals surface area contributed by atoms with E-state index in [1.165, 1.54) is 5.56 Å². The fraction of sp³-hybridized carbons (Fsp3) is 0.0769. The Hall–Kier alpha value is -2.16. The lowest BCUT2D eigenvalue weighted by Gasteiger charge is -1.94. The minimum atomic E-state index is 0.582. The second kappa shape index (κ2) is 3.45. The van der Waals surface area contributed by atoms with Crippen LogP contribution in [0.5, 0.6) is 0 Å². The van der Waals surface area contributed by atoms with Crippen molar-refractivity contribution >= 4 is 11.2 Å². The molecular formula is C13H10N2O. The van der Waals surface area contributed by atoms with Crippen LogP contribution in [0.15, 0.2) is 47.0 Å². The van der Waals surface area contributed by atoms with Crippen LogP contribution in [0.4, 0.5) is 0 Å². The maximum atomic E-state index is 5.57. The fourth-order valence-corrected chi connectivity index (χ4v) is 1.59. The van der Waals surface area contributed by atoms with Gasteiger partial charge in [-0.1, -0.05) is 17.7 Å². The summed E-state index contributed by atoms with van der Waals surface area (Å²) in [7, 11) is 0. The highest BCUT2D eigenvalue weighted by atomic mass is 16.4. The Morgan fingerprint density at radius 2 is 1.88 bits per heavy atom. The Kier molecular flexibility index (Phi) is 1.96. The second-order valence-electron chi connectivity index (χ2n) is 3.71. The standard InChI is InChI=1S/C13H10N2O/c1-9-4-6-10(7-5-9)12-15-11-3-2-8-14-13(11)16-12/h2-8H,1H3. The van der Waals surface area contributed by atoms with Crippen LogP contribution in [0.2, 0.25) is 0 Å². The lowest BCUT2D eigenvalue weighted by molar-refractivity contribution is 0.608. The van der Waals surface area contributed by atoms with E-state index in [4.69, 9.17) is 4.42 Å². The number of aryl methyl sites for hydroxylation is 1. The van der Waals surface area contributed by atoms with Crippen LogP contribution < -0.4 is 0 Å². The molecule has 3 nitrogen and oxygen atoms in total. The largest absolute Gasteiger partial charge is 0.418 e. The Morgan fingerprint density at radius 1 is 1.06 bits per heavy atom. The molecule has 78 valence electrons. The van der Waals surface area contributed by atoms with Crippen molar-refractivity contribution in [1.29, 1.82) is 0 Å². The molecule has 2 aromatic heterocycles. The van der Waals surface area contributed by atoms with E-state index in [1.807, 2.05) is 36.4 Å². The molecule has 3 heteroatoms. The highest BCUT2D eigenvalue weighted by Crippen LogP contribution is 2.22. The van der Waals surface area contributed by atoms with Crippen LogP contribution in [0.3, 0.4) is 0 Å². The lowest BCUT2D eigenvalue weighted by Crippen LogP contribution is -1.77. The molecule has 16 heavy (non-hydrogen) atoms. The van der Waals surface area contributed by atoms with E-state index in [9.17, 15) is 0 Å². The summed E-state index contributed by atoms with van der Waals surface area (Å²) in [5.74, 6) is 0.619. The minimum absolute atomic E-state index is 0.582. The summed E-state index contributed by atoms with van der Waals surface area (Å²) in [6, 6.07) is 11.8. The van der Waals surface area contributed by atoms with Gasteiger partial charge in [-0.15, -0.1) is 0 Å². The Labute approximate surface area is 92.8 Å². The van der Waals surface area contributed by atoms with Gasteiger partial charge in [0.05, 0.1) is 0 Å². The van der Waals surface area contributed by atoms with Gasteiger partial charge in [-0.2, -0.15) is 0 Å². The molecule has 0 bridgehead atoms. The van der Waals surface area contributed by atoms with Gasteiger partial charge in [0.2, 0.25) is 11.6 Å². The fourth-order valence-electron chi connectivity index (χ4n) is 1.59. The zero-order valence-electron chi connectivity index (χ0n) is 8.84. The van der Waals surface area contributed by atoms with Gasteiger partial charge in [0, 0.05) is 11.8 Å². The van der Waals surface area contributed by atoms with Crippen LogP contribution in [-0.4, -0.2) is 9.97 Å². The quantitative estimate of drug-likeness (QED) is 0.619. The van der Waals surface area contributed by atoms with Gasteiger partial charge in [-0.25, -0.2) is 9.97 Å². The molecule has 2 heterocycles. The van der Waals surface area contributed by atoms with E-state index in [0.717, 1.165) is 11.1 Å². The molecule has 3 rings (SSSR count). The van der Waals surface area contributed by atoms with Gasteiger partial charge in [0.15, 0.2) is 0 Å². The predicted octanol–water partition coefficient (Wildman–Crippen LogP) is 3.20. The summed E-state index contributed by atoms with van der Waals surface area (Å²) in [5.41, 5.74) is 3.57. The molecule has 0 unspecified atom stereocenters. The topological polar surface area (TPSA) is 38.9 Å². The van der Waals surface area contributed by atoms with E-state index >= 15 is 0 Å². The summed E-state index contributed by atoms with van der Waals surface area (Å²) in [6.07, 6.45) is 1.70. The third-order valence-corrected chi connectivity index (χ3v) is 2.46. The molecule has 0 fully saturated rings. The minimum Gasteiger partial charge on any atom is -0.418 e. The number of benzene rings is 1. The van der Waals surface area contributed by atoms with Crippen molar-refractivity contribution in [2.45, 2.75) is 6.92 Å². The number of nitrogens with zero attached hydrogens (tertiary/aromatic N) is 2. The van der Waals surface area contributed by atoms with Gasteiger partial charge < -0.3 is 4.42 Å². The summed E-state index contributed by atoms with van der Waals surface area (Å²) in [5, 5.41) is 0. The van der Waals surface area contributed by atoms with Crippen LogP contribution in [0, 0.1) is 6.92 Å². The van der Waals surface area contributed by atoms with E-state index in [2.05, 4.69) is 16.9 Å². The number of pyridine rings is 1. The highest BCUT2D eigenvalue weighted by Gasteiger charge is 2.07. The van der Waals surface area contributed by atoms with Crippen molar-refractivity contribution in [3.8, 4) is 11.5 Å². The highest BCUT2D eigenvalue weighted by molar-refractivity contribution is 5.72. The molecule has 0 spiro atoms. The molecule has 0 amide bonds. The molecule has 0 aliphatic carbocycles. The van der Waals surface area contributed by atoms with Gasteiger partial charge in [-0.3, -0.25) is 0 Å². The van der Waals surface area contributed by atoms with E-state index in [0.29, 0.717) is 11.6 Å². The van der Waals surface area contributed by atoms with Gasteiger partial charge >= 0.3 is 0 Å². The smallest absolute Gasteiger partial charge is 0.247 e. The number of aromatic nitrogens is 2. The van der Waals surface area contributed by atoms with Gasteiger partial charge in [0.25, 0.3) is 0 Å². The van der Waals surface area contributed by atoms with Crippen molar-refractivity contribution < 1.29 is 4.42 Å². The first-order valence-corrected chi connectivity index (χ1v) is 5.11. The summed E-state index contributed by atoms with van der Waals surface area (Å²) >= 11 is 0. The molecule has 0 saturated carbocycles. The Balaban J connectivity index is 2.15. The maximum Gasteiger partial charge on any atom is 0.247 e. The van der Waals surface area contributed by atoms with Gasteiger partial charge in [0.1, 0.15) is 5.52 Å². The van der Waals surface area contributed by atoms with Crippen LogP contribution in [0.25, 0.3) is 22.7 Å². The van der Waals surface area contributed by atoms with Crippen molar-refractivity contribution in [2.24, 2.45) is 0 Å². The van der Waals surface area contributed by atoms with E-state index in [1.54, 1.807) is 6.20 Å². The van der Waals surface area contributed by atoms with Crippen molar-refractivity contribution in [1.82, 2.24) is 9.97 Å². The first-order valence-electron chi connectivity index (χ1n) is 5.11. The third kappa shape index (κ3) is 1.46. The average Bonchev–Trinajstić information content (AvgIpc) is 2.73. The average molecular weight is 210 g/mol. The zero-order chi connectivity index (χ0) is 11.0. The van der Waals surface area contributed by atoms with E-state index in [-0.39, 0.29) is 0 Å². The summed E-state index contributed by atoms with van der Waals surface area (Å²) < 4.78 is 5.57. The molecule has 1 aromatic carbocycles. The number of oxazole rings is 1. The van der Waals surface area contributed by atoms with Crippen molar-refractivity contribution in [2.75, 3.05) is 0 Å². The molecule has 0 aliphatic rings. The molecule has 0 N–H and O–H groups in total. The number of hydrogen-bond donors (Lipinski definition) is 0. The van der Waals surface area contributed by atoms with Crippen molar-refractivity contribution in [3.05, 3.63) is 48.2 Å². The normalized spacial score (nSPS) is 10.8. The Bertz CT molecular complexity index is 593. The van der Waals surface area contributed by atoms with Crippen LogP contribution in [-0.2, 0) is 0 Å². The third-order valence-electron chi connectivity index (χ3n) is 2.46. The number of rotatable bonds is 1.